The zero-order valence-corrected chi connectivity index (χ0v) is 17.4. The van der Waals surface area contributed by atoms with Crippen molar-refractivity contribution in [1.82, 2.24) is 0 Å². The molecule has 0 radical (unpaired) electrons. The number of hydrogen-bond acceptors (Lipinski definition) is 5. The van der Waals surface area contributed by atoms with Crippen LogP contribution < -0.4 is 0 Å². The van der Waals surface area contributed by atoms with E-state index in [1.54, 1.807) is 0 Å². The standard InChI is InChI=1S/C21H23ClO5S/c1-21(2,20(22)24)28(25,26)15-18(13-16-9-5-3-6-10-16)19(23)27-14-17-11-7-4-8-12-17/h3-12,18H,13-15H2,1-2H3. The molecule has 0 aliphatic rings. The van der Waals surface area contributed by atoms with Crippen molar-refractivity contribution in [2.45, 2.75) is 31.6 Å². The molecule has 1 unspecified atom stereocenters. The first kappa shape index (κ1) is 22.1. The highest BCUT2D eigenvalue weighted by Gasteiger charge is 2.43. The molecule has 0 N–H and O–H groups in total. The summed E-state index contributed by atoms with van der Waals surface area (Å²) in [5.41, 5.74) is 1.60. The number of carbonyl (C=O) groups excluding carboxylic acids is 2. The van der Waals surface area contributed by atoms with E-state index in [0.29, 0.717) is 0 Å². The van der Waals surface area contributed by atoms with Crippen LogP contribution >= 0.6 is 11.6 Å². The van der Waals surface area contributed by atoms with E-state index >= 15 is 0 Å². The van der Waals surface area contributed by atoms with Crippen LogP contribution in [-0.2, 0) is 37.2 Å². The summed E-state index contributed by atoms with van der Waals surface area (Å²) in [6.45, 7) is 2.53. The van der Waals surface area contributed by atoms with Gasteiger partial charge < -0.3 is 4.74 Å². The Morgan fingerprint density at radius 1 is 0.964 bits per heavy atom. The molecule has 28 heavy (non-hydrogen) atoms. The molecule has 0 heterocycles. The quantitative estimate of drug-likeness (QED) is 0.456. The lowest BCUT2D eigenvalue weighted by Crippen LogP contribution is -2.43. The van der Waals surface area contributed by atoms with E-state index in [-0.39, 0.29) is 13.0 Å². The van der Waals surface area contributed by atoms with Crippen LogP contribution in [0.5, 0.6) is 0 Å². The van der Waals surface area contributed by atoms with Crippen molar-refractivity contribution < 1.29 is 22.7 Å². The van der Waals surface area contributed by atoms with Crippen molar-refractivity contribution in [2.75, 3.05) is 5.75 Å². The van der Waals surface area contributed by atoms with Gasteiger partial charge in [-0.25, -0.2) is 8.42 Å². The molecule has 0 spiro atoms. The van der Waals surface area contributed by atoms with Crippen LogP contribution in [0.25, 0.3) is 0 Å². The lowest BCUT2D eigenvalue weighted by atomic mass is 10.0. The Balaban J connectivity index is 2.21. The fourth-order valence-corrected chi connectivity index (χ4v) is 4.35. The second-order valence-corrected chi connectivity index (χ2v) is 9.97. The monoisotopic (exact) mass is 422 g/mol. The van der Waals surface area contributed by atoms with Crippen LogP contribution in [0.15, 0.2) is 60.7 Å². The lowest BCUT2D eigenvalue weighted by molar-refractivity contribution is -0.149. The Morgan fingerprint density at radius 3 is 1.96 bits per heavy atom. The van der Waals surface area contributed by atoms with Crippen molar-refractivity contribution in [2.24, 2.45) is 5.92 Å². The Kier molecular flexibility index (Phi) is 7.38. The van der Waals surface area contributed by atoms with E-state index in [0.717, 1.165) is 11.1 Å². The Bertz CT molecular complexity index is 908. The topological polar surface area (TPSA) is 77.5 Å². The second-order valence-electron chi connectivity index (χ2n) is 7.05. The van der Waals surface area contributed by atoms with Gasteiger partial charge in [-0.05, 0) is 43.0 Å². The van der Waals surface area contributed by atoms with Crippen LogP contribution in [0.1, 0.15) is 25.0 Å². The highest BCUT2D eigenvalue weighted by Crippen LogP contribution is 2.25. The molecule has 0 saturated carbocycles. The molecule has 0 saturated heterocycles. The highest BCUT2D eigenvalue weighted by molar-refractivity contribution is 7.93. The first-order valence-electron chi connectivity index (χ1n) is 8.80. The normalized spacial score (nSPS) is 13.0. The van der Waals surface area contributed by atoms with Crippen LogP contribution in [0.2, 0.25) is 0 Å². The molecule has 0 aromatic heterocycles. The van der Waals surface area contributed by atoms with Crippen molar-refractivity contribution in [3.05, 3.63) is 71.8 Å². The first-order chi connectivity index (χ1) is 13.1. The lowest BCUT2D eigenvalue weighted by Gasteiger charge is -2.23. The minimum Gasteiger partial charge on any atom is -0.461 e. The molecule has 0 aliphatic carbocycles. The summed E-state index contributed by atoms with van der Waals surface area (Å²) in [4.78, 5) is 24.3. The molecule has 0 aliphatic heterocycles. The third kappa shape index (κ3) is 5.66. The summed E-state index contributed by atoms with van der Waals surface area (Å²) in [7, 11) is -3.99. The smallest absolute Gasteiger partial charge is 0.310 e. The molecule has 7 heteroatoms. The van der Waals surface area contributed by atoms with E-state index in [1.807, 2.05) is 60.7 Å². The molecule has 5 nitrogen and oxygen atoms in total. The van der Waals surface area contributed by atoms with E-state index in [4.69, 9.17) is 16.3 Å². The molecule has 0 amide bonds. The largest absolute Gasteiger partial charge is 0.461 e. The summed E-state index contributed by atoms with van der Waals surface area (Å²) in [5.74, 6) is -2.11. The van der Waals surface area contributed by atoms with Crippen molar-refractivity contribution in [3.63, 3.8) is 0 Å². The number of halogens is 1. The summed E-state index contributed by atoms with van der Waals surface area (Å²) >= 11 is 5.48. The summed E-state index contributed by atoms with van der Waals surface area (Å²) in [6.07, 6.45) is 0.181. The maximum atomic E-state index is 12.8. The van der Waals surface area contributed by atoms with Crippen molar-refractivity contribution >= 4 is 32.6 Å². The summed E-state index contributed by atoms with van der Waals surface area (Å²) in [5, 5.41) is -0.983. The molecule has 2 aromatic rings. The van der Waals surface area contributed by atoms with E-state index in [2.05, 4.69) is 0 Å². The molecule has 0 fully saturated rings. The number of hydrogen-bond donors (Lipinski definition) is 0. The van der Waals surface area contributed by atoms with Crippen molar-refractivity contribution in [1.29, 1.82) is 0 Å². The molecule has 0 bridgehead atoms. The molecule has 150 valence electrons. The van der Waals surface area contributed by atoms with E-state index in [1.165, 1.54) is 13.8 Å². The molecular weight excluding hydrogens is 400 g/mol. The van der Waals surface area contributed by atoms with Crippen molar-refractivity contribution in [3.8, 4) is 0 Å². The van der Waals surface area contributed by atoms with Crippen LogP contribution in [0.3, 0.4) is 0 Å². The summed E-state index contributed by atoms with van der Waals surface area (Å²) in [6, 6.07) is 18.2. The minimum absolute atomic E-state index is 0.0445. The minimum atomic E-state index is -3.99. The third-order valence-corrected chi connectivity index (χ3v) is 7.72. The van der Waals surface area contributed by atoms with Gasteiger partial charge in [0, 0.05) is 0 Å². The first-order valence-corrected chi connectivity index (χ1v) is 10.8. The van der Waals surface area contributed by atoms with Gasteiger partial charge in [0.25, 0.3) is 0 Å². The van der Waals surface area contributed by atoms with Gasteiger partial charge in [0.15, 0.2) is 9.84 Å². The number of rotatable bonds is 9. The number of carbonyl (C=O) groups is 2. The highest BCUT2D eigenvalue weighted by atomic mass is 35.5. The van der Waals surface area contributed by atoms with Gasteiger partial charge in [0.2, 0.25) is 5.24 Å². The Morgan fingerprint density at radius 2 is 1.46 bits per heavy atom. The third-order valence-electron chi connectivity index (χ3n) is 4.55. The van der Waals surface area contributed by atoms with Crippen LogP contribution in [-0.4, -0.2) is 30.1 Å². The maximum absolute atomic E-state index is 12.8. The fraction of sp³-hybridized carbons (Fsp3) is 0.333. The zero-order valence-electron chi connectivity index (χ0n) is 15.8. The molecule has 2 aromatic carbocycles. The van der Waals surface area contributed by atoms with Crippen LogP contribution in [0.4, 0.5) is 0 Å². The second kappa shape index (κ2) is 9.34. The van der Waals surface area contributed by atoms with E-state index in [9.17, 15) is 18.0 Å². The maximum Gasteiger partial charge on any atom is 0.310 e. The zero-order chi connectivity index (χ0) is 20.8. The van der Waals surface area contributed by atoms with Gasteiger partial charge in [-0.2, -0.15) is 0 Å². The predicted molar refractivity (Wildman–Crippen MR) is 109 cm³/mol. The molecule has 2 rings (SSSR count). The SMILES string of the molecule is CC(C)(C(=O)Cl)S(=O)(=O)CC(Cc1ccccc1)C(=O)OCc1ccccc1. The summed E-state index contributed by atoms with van der Waals surface area (Å²) < 4.78 is 29.1. The van der Waals surface area contributed by atoms with Gasteiger partial charge >= 0.3 is 5.97 Å². The molecular formula is C21H23ClO5S. The van der Waals surface area contributed by atoms with Gasteiger partial charge in [-0.3, -0.25) is 9.59 Å². The Labute approximate surface area is 170 Å². The number of ether oxygens (including phenoxy) is 1. The van der Waals surface area contributed by atoms with Gasteiger partial charge in [0.1, 0.15) is 11.4 Å². The number of esters is 1. The number of benzene rings is 2. The predicted octanol–water partition coefficient (Wildman–Crippen LogP) is 3.55. The van der Waals surface area contributed by atoms with Gasteiger partial charge in [-0.1, -0.05) is 60.7 Å². The van der Waals surface area contributed by atoms with Gasteiger partial charge in [0.05, 0.1) is 11.7 Å². The fourth-order valence-electron chi connectivity index (χ4n) is 2.55. The average molecular weight is 423 g/mol. The Hall–Kier alpha value is -2.18. The van der Waals surface area contributed by atoms with Crippen LogP contribution in [0, 0.1) is 5.92 Å². The average Bonchev–Trinajstić information content (AvgIpc) is 2.66. The number of sulfone groups is 1. The van der Waals surface area contributed by atoms with Gasteiger partial charge in [-0.15, -0.1) is 0 Å². The van der Waals surface area contributed by atoms with E-state index < -0.39 is 37.5 Å². The molecule has 1 atom stereocenters.